The van der Waals surface area contributed by atoms with Crippen molar-refractivity contribution in [1.29, 1.82) is 0 Å². The average molecular weight is 330 g/mol. The fraction of sp³-hybridized carbons (Fsp3) is 0.538. The van der Waals surface area contributed by atoms with Gasteiger partial charge >= 0.3 is 0 Å². The van der Waals surface area contributed by atoms with Crippen LogP contribution in [0.4, 0.5) is 5.69 Å². The number of anilines is 1. The number of nitrogens with zero attached hydrogens (tertiary/aromatic N) is 1. The van der Waals surface area contributed by atoms with E-state index in [0.29, 0.717) is 6.04 Å². The summed E-state index contributed by atoms with van der Waals surface area (Å²) in [5.41, 5.74) is 1.36. The van der Waals surface area contributed by atoms with Gasteiger partial charge < -0.3 is 10.2 Å². The van der Waals surface area contributed by atoms with E-state index in [4.69, 9.17) is 0 Å². The Morgan fingerprint density at radius 3 is 2.81 bits per heavy atom. The van der Waals surface area contributed by atoms with E-state index in [-0.39, 0.29) is 0 Å². The molecule has 3 heteroatoms. The topological polar surface area (TPSA) is 15.3 Å². The Kier molecular flexibility index (Phi) is 4.46. The fourth-order valence-electron chi connectivity index (χ4n) is 2.25. The smallest absolute Gasteiger partial charge is 0.0367 e. The van der Waals surface area contributed by atoms with Crippen molar-refractivity contribution >= 4 is 28.3 Å². The van der Waals surface area contributed by atoms with E-state index >= 15 is 0 Å². The zero-order valence-corrected chi connectivity index (χ0v) is 11.9. The van der Waals surface area contributed by atoms with Crippen LogP contribution in [-0.2, 0) is 0 Å². The zero-order valence-electron chi connectivity index (χ0n) is 9.75. The minimum atomic E-state index is 0.665. The van der Waals surface area contributed by atoms with Crippen molar-refractivity contribution in [1.82, 2.24) is 5.32 Å². The summed E-state index contributed by atoms with van der Waals surface area (Å²) in [7, 11) is 0. The van der Waals surface area contributed by atoms with Crippen LogP contribution in [0, 0.1) is 3.57 Å². The largest absolute Gasteiger partial charge is 0.369 e. The summed E-state index contributed by atoms with van der Waals surface area (Å²) in [6.45, 7) is 5.64. The lowest BCUT2D eigenvalue weighted by molar-refractivity contribution is 0.431. The van der Waals surface area contributed by atoms with Gasteiger partial charge in [-0.05, 0) is 53.3 Å². The number of piperazine rings is 1. The Bertz CT molecular complexity index is 321. The molecule has 2 nitrogen and oxygen atoms in total. The second-order valence-corrected chi connectivity index (χ2v) is 5.61. The second kappa shape index (κ2) is 5.87. The van der Waals surface area contributed by atoms with Gasteiger partial charge in [0.2, 0.25) is 0 Å². The van der Waals surface area contributed by atoms with Crippen LogP contribution in [0.15, 0.2) is 24.3 Å². The minimum Gasteiger partial charge on any atom is -0.369 e. The normalized spacial score (nSPS) is 21.1. The van der Waals surface area contributed by atoms with Crippen molar-refractivity contribution < 1.29 is 0 Å². The van der Waals surface area contributed by atoms with E-state index in [9.17, 15) is 0 Å². The summed E-state index contributed by atoms with van der Waals surface area (Å²) in [4.78, 5) is 2.49. The van der Waals surface area contributed by atoms with Crippen LogP contribution in [0.5, 0.6) is 0 Å². The molecule has 0 spiro atoms. The molecule has 1 aliphatic heterocycles. The maximum absolute atomic E-state index is 3.59. The molecular formula is C13H19IN2. The Morgan fingerprint density at radius 1 is 1.38 bits per heavy atom. The molecule has 1 heterocycles. The van der Waals surface area contributed by atoms with Gasteiger partial charge in [-0.15, -0.1) is 0 Å². The molecule has 1 N–H and O–H groups in total. The quantitative estimate of drug-likeness (QED) is 0.858. The molecular weight excluding hydrogens is 311 g/mol. The molecule has 1 atom stereocenters. The molecule has 0 bridgehead atoms. The fourth-order valence-corrected chi connectivity index (χ4v) is 2.61. The highest BCUT2D eigenvalue weighted by Gasteiger charge is 2.18. The van der Waals surface area contributed by atoms with Gasteiger partial charge in [-0.25, -0.2) is 0 Å². The molecule has 2 rings (SSSR count). The molecule has 1 aromatic rings. The van der Waals surface area contributed by atoms with Gasteiger partial charge in [0.1, 0.15) is 0 Å². The SMILES string of the molecule is CCCC1CN(c2ccc(I)cc2)CCN1. The lowest BCUT2D eigenvalue weighted by Gasteiger charge is -2.35. The third-order valence-electron chi connectivity index (χ3n) is 3.08. The molecule has 1 aromatic carbocycles. The molecule has 0 aromatic heterocycles. The number of nitrogens with one attached hydrogen (secondary N) is 1. The second-order valence-electron chi connectivity index (χ2n) is 4.36. The summed E-state index contributed by atoms with van der Waals surface area (Å²) in [5.74, 6) is 0. The Balaban J connectivity index is 2.01. The van der Waals surface area contributed by atoms with Crippen LogP contribution in [-0.4, -0.2) is 25.7 Å². The first kappa shape index (κ1) is 12.2. The van der Waals surface area contributed by atoms with Gasteiger partial charge in [-0.1, -0.05) is 13.3 Å². The summed E-state index contributed by atoms with van der Waals surface area (Å²) in [6, 6.07) is 9.50. The number of hydrogen-bond acceptors (Lipinski definition) is 2. The predicted octanol–water partition coefficient (Wildman–Crippen LogP) is 2.87. The monoisotopic (exact) mass is 330 g/mol. The summed E-state index contributed by atoms with van der Waals surface area (Å²) < 4.78 is 1.31. The van der Waals surface area contributed by atoms with Gasteiger partial charge in [0.25, 0.3) is 0 Å². The van der Waals surface area contributed by atoms with Crippen molar-refractivity contribution in [3.05, 3.63) is 27.8 Å². The molecule has 1 unspecified atom stereocenters. The van der Waals surface area contributed by atoms with Crippen LogP contribution in [0.3, 0.4) is 0 Å². The molecule has 0 aliphatic carbocycles. The van der Waals surface area contributed by atoms with Crippen molar-refractivity contribution in [2.75, 3.05) is 24.5 Å². The predicted molar refractivity (Wildman–Crippen MR) is 78.1 cm³/mol. The van der Waals surface area contributed by atoms with Gasteiger partial charge in [-0.3, -0.25) is 0 Å². The van der Waals surface area contributed by atoms with E-state index in [2.05, 4.69) is 64.0 Å². The minimum absolute atomic E-state index is 0.665. The van der Waals surface area contributed by atoms with E-state index in [0.717, 1.165) is 19.6 Å². The number of hydrogen-bond donors (Lipinski definition) is 1. The standard InChI is InChI=1S/C13H19IN2/c1-2-3-12-10-16(9-8-15-12)13-6-4-11(14)5-7-13/h4-7,12,15H,2-3,8-10H2,1H3. The van der Waals surface area contributed by atoms with Crippen LogP contribution in [0.2, 0.25) is 0 Å². The molecule has 1 saturated heterocycles. The lowest BCUT2D eigenvalue weighted by Crippen LogP contribution is -2.50. The number of halogens is 1. The van der Waals surface area contributed by atoms with Gasteiger partial charge in [0.05, 0.1) is 0 Å². The van der Waals surface area contributed by atoms with Crippen LogP contribution >= 0.6 is 22.6 Å². The summed E-state index contributed by atoms with van der Waals surface area (Å²) >= 11 is 2.35. The molecule has 88 valence electrons. The maximum atomic E-state index is 3.59. The molecule has 0 radical (unpaired) electrons. The molecule has 1 aliphatic rings. The Morgan fingerprint density at radius 2 is 2.12 bits per heavy atom. The lowest BCUT2D eigenvalue weighted by atomic mass is 10.1. The van der Waals surface area contributed by atoms with Gasteiger partial charge in [0, 0.05) is 34.9 Å². The van der Waals surface area contributed by atoms with Crippen LogP contribution in [0.1, 0.15) is 19.8 Å². The molecule has 0 saturated carbocycles. The van der Waals surface area contributed by atoms with Crippen molar-refractivity contribution in [2.45, 2.75) is 25.8 Å². The first-order valence-electron chi connectivity index (χ1n) is 6.03. The summed E-state index contributed by atoms with van der Waals surface area (Å²) in [5, 5.41) is 3.59. The van der Waals surface area contributed by atoms with Crippen LogP contribution in [0.25, 0.3) is 0 Å². The van der Waals surface area contributed by atoms with Crippen LogP contribution < -0.4 is 10.2 Å². The maximum Gasteiger partial charge on any atom is 0.0367 e. The molecule has 0 amide bonds. The van der Waals surface area contributed by atoms with Crippen molar-refractivity contribution in [2.24, 2.45) is 0 Å². The first-order chi connectivity index (χ1) is 7.79. The number of benzene rings is 1. The highest BCUT2D eigenvalue weighted by molar-refractivity contribution is 14.1. The number of rotatable bonds is 3. The Hall–Kier alpha value is -0.290. The van der Waals surface area contributed by atoms with E-state index < -0.39 is 0 Å². The van der Waals surface area contributed by atoms with Gasteiger partial charge in [0.15, 0.2) is 0 Å². The summed E-state index contributed by atoms with van der Waals surface area (Å²) in [6.07, 6.45) is 2.54. The highest BCUT2D eigenvalue weighted by atomic mass is 127. The molecule has 1 fully saturated rings. The third-order valence-corrected chi connectivity index (χ3v) is 3.80. The van der Waals surface area contributed by atoms with E-state index in [1.807, 2.05) is 0 Å². The Labute approximate surface area is 112 Å². The van der Waals surface area contributed by atoms with Crippen molar-refractivity contribution in [3.63, 3.8) is 0 Å². The van der Waals surface area contributed by atoms with E-state index in [1.54, 1.807) is 0 Å². The highest BCUT2D eigenvalue weighted by Crippen LogP contribution is 2.18. The zero-order chi connectivity index (χ0) is 11.4. The third kappa shape index (κ3) is 3.10. The van der Waals surface area contributed by atoms with E-state index in [1.165, 1.54) is 22.1 Å². The first-order valence-corrected chi connectivity index (χ1v) is 7.11. The van der Waals surface area contributed by atoms with Gasteiger partial charge in [-0.2, -0.15) is 0 Å². The van der Waals surface area contributed by atoms with Crippen molar-refractivity contribution in [3.8, 4) is 0 Å². The molecule has 16 heavy (non-hydrogen) atoms. The average Bonchev–Trinajstić information content (AvgIpc) is 2.31.